The van der Waals surface area contributed by atoms with E-state index in [-0.39, 0.29) is 5.91 Å². The van der Waals surface area contributed by atoms with Crippen LogP contribution in [0.4, 0.5) is 5.69 Å². The molecular weight excluding hydrogens is 290 g/mol. The van der Waals surface area contributed by atoms with E-state index in [4.69, 9.17) is 0 Å². The number of aliphatic carboxylic acids is 1. The number of rotatable bonds is 3. The van der Waals surface area contributed by atoms with Crippen LogP contribution in [0.5, 0.6) is 0 Å². The quantitative estimate of drug-likeness (QED) is 0.879. The average molecular weight is 317 g/mol. The summed E-state index contributed by atoms with van der Waals surface area (Å²) < 4.78 is 0. The molecule has 4 nitrogen and oxygen atoms in total. The number of amides is 1. The van der Waals surface area contributed by atoms with Crippen LogP contribution >= 0.6 is 0 Å². The largest absolute Gasteiger partial charge is 0.481 e. The number of anilines is 1. The van der Waals surface area contributed by atoms with Crippen molar-refractivity contribution in [3.05, 3.63) is 29.3 Å². The molecule has 0 bridgehead atoms. The number of hydrogen-bond acceptors (Lipinski definition) is 2. The molecule has 1 aromatic carbocycles. The van der Waals surface area contributed by atoms with Gasteiger partial charge in [0.05, 0.1) is 10.8 Å². The van der Waals surface area contributed by atoms with Crippen molar-refractivity contribution in [2.45, 2.75) is 54.4 Å². The SMILES string of the molecule is Cc1cc(C)cc(NC(=O)C2(C)CCC(C)(C(=O)O)C2(C)C)c1. The van der Waals surface area contributed by atoms with E-state index in [0.717, 1.165) is 16.8 Å². The highest BCUT2D eigenvalue weighted by Crippen LogP contribution is 2.63. The topological polar surface area (TPSA) is 66.4 Å². The van der Waals surface area contributed by atoms with Crippen LogP contribution in [0.1, 0.15) is 51.7 Å². The van der Waals surface area contributed by atoms with Gasteiger partial charge in [0.15, 0.2) is 0 Å². The molecule has 2 atom stereocenters. The Morgan fingerprint density at radius 2 is 1.43 bits per heavy atom. The van der Waals surface area contributed by atoms with E-state index in [1.165, 1.54) is 0 Å². The van der Waals surface area contributed by atoms with Gasteiger partial charge >= 0.3 is 5.97 Å². The first-order valence-corrected chi connectivity index (χ1v) is 8.07. The second kappa shape index (κ2) is 5.36. The monoisotopic (exact) mass is 317 g/mol. The molecule has 0 aromatic heterocycles. The van der Waals surface area contributed by atoms with Crippen molar-refractivity contribution >= 4 is 17.6 Å². The minimum atomic E-state index is -0.901. The number of nitrogens with one attached hydrogen (secondary N) is 1. The summed E-state index contributed by atoms with van der Waals surface area (Å²) in [5.41, 5.74) is 0.681. The minimum Gasteiger partial charge on any atom is -0.481 e. The van der Waals surface area contributed by atoms with Gasteiger partial charge in [-0.3, -0.25) is 9.59 Å². The van der Waals surface area contributed by atoms with Gasteiger partial charge in [0.25, 0.3) is 0 Å². The summed E-state index contributed by atoms with van der Waals surface area (Å²) in [5.74, 6) is -0.928. The number of carbonyl (C=O) groups excluding carboxylic acids is 1. The number of hydrogen-bond donors (Lipinski definition) is 2. The Hall–Kier alpha value is -1.84. The Morgan fingerprint density at radius 1 is 0.957 bits per heavy atom. The molecule has 1 aliphatic rings. The molecule has 2 N–H and O–H groups in total. The lowest BCUT2D eigenvalue weighted by Crippen LogP contribution is -2.49. The number of carbonyl (C=O) groups is 2. The second-order valence-corrected chi connectivity index (χ2v) is 7.92. The molecule has 0 aliphatic heterocycles. The fourth-order valence-corrected chi connectivity index (χ4v) is 3.82. The third-order valence-corrected chi connectivity index (χ3v) is 6.34. The van der Waals surface area contributed by atoms with Gasteiger partial charge in [-0.15, -0.1) is 0 Å². The number of benzene rings is 1. The zero-order valence-electron chi connectivity index (χ0n) is 14.9. The van der Waals surface area contributed by atoms with E-state index in [0.29, 0.717) is 12.8 Å². The van der Waals surface area contributed by atoms with E-state index in [1.54, 1.807) is 6.92 Å². The van der Waals surface area contributed by atoms with Gasteiger partial charge in [-0.2, -0.15) is 0 Å². The van der Waals surface area contributed by atoms with Gasteiger partial charge in [-0.05, 0) is 62.3 Å². The maximum absolute atomic E-state index is 13.0. The highest BCUT2D eigenvalue weighted by atomic mass is 16.4. The molecule has 0 spiro atoms. The van der Waals surface area contributed by atoms with Gasteiger partial charge in [0.1, 0.15) is 0 Å². The lowest BCUT2D eigenvalue weighted by Gasteiger charge is -2.44. The molecule has 1 fully saturated rings. The molecule has 126 valence electrons. The van der Waals surface area contributed by atoms with Crippen LogP contribution in [0.3, 0.4) is 0 Å². The number of carboxylic acid groups (broad SMARTS) is 1. The summed E-state index contributed by atoms with van der Waals surface area (Å²) >= 11 is 0. The zero-order chi connectivity index (χ0) is 17.6. The highest BCUT2D eigenvalue weighted by Gasteiger charge is 2.64. The van der Waals surface area contributed by atoms with Crippen molar-refractivity contribution in [1.82, 2.24) is 0 Å². The smallest absolute Gasteiger partial charge is 0.309 e. The van der Waals surface area contributed by atoms with E-state index >= 15 is 0 Å². The predicted molar refractivity (Wildman–Crippen MR) is 91.4 cm³/mol. The summed E-state index contributed by atoms with van der Waals surface area (Å²) in [6.45, 7) is 11.4. The fourth-order valence-electron chi connectivity index (χ4n) is 3.82. The lowest BCUT2D eigenvalue weighted by atomic mass is 9.59. The Morgan fingerprint density at radius 3 is 1.87 bits per heavy atom. The van der Waals surface area contributed by atoms with Crippen LogP contribution in [-0.4, -0.2) is 17.0 Å². The Labute approximate surface area is 138 Å². The first-order chi connectivity index (χ1) is 10.4. The lowest BCUT2D eigenvalue weighted by molar-refractivity contribution is -0.157. The van der Waals surface area contributed by atoms with Crippen LogP contribution in [0.25, 0.3) is 0 Å². The summed E-state index contributed by atoms with van der Waals surface area (Å²) in [7, 11) is 0. The molecule has 4 heteroatoms. The standard InChI is InChI=1S/C19H27NO3/c1-12-9-13(2)11-14(10-12)20-15(21)18(5)7-8-19(6,16(22)23)17(18,3)4/h9-11H,7-8H2,1-6H3,(H,20,21)(H,22,23). The van der Waals surface area contributed by atoms with Crippen LogP contribution in [0.2, 0.25) is 0 Å². The first-order valence-electron chi connectivity index (χ1n) is 8.07. The second-order valence-electron chi connectivity index (χ2n) is 7.92. The molecule has 1 aliphatic carbocycles. The van der Waals surface area contributed by atoms with Crippen molar-refractivity contribution in [3.8, 4) is 0 Å². The average Bonchev–Trinajstić information content (AvgIpc) is 2.60. The molecule has 1 saturated carbocycles. The van der Waals surface area contributed by atoms with Crippen LogP contribution in [0, 0.1) is 30.1 Å². The Kier molecular flexibility index (Phi) is 4.08. The van der Waals surface area contributed by atoms with Crippen molar-refractivity contribution in [1.29, 1.82) is 0 Å². The van der Waals surface area contributed by atoms with Gasteiger partial charge < -0.3 is 10.4 Å². The van der Waals surface area contributed by atoms with Crippen LogP contribution < -0.4 is 5.32 Å². The molecule has 0 radical (unpaired) electrons. The molecule has 0 heterocycles. The van der Waals surface area contributed by atoms with Crippen LogP contribution in [0.15, 0.2) is 18.2 Å². The first kappa shape index (κ1) is 17.5. The van der Waals surface area contributed by atoms with Gasteiger partial charge in [-0.1, -0.05) is 26.8 Å². The Balaban J connectivity index is 2.33. The molecule has 1 aromatic rings. The fraction of sp³-hybridized carbons (Fsp3) is 0.579. The zero-order valence-corrected chi connectivity index (χ0v) is 14.9. The maximum atomic E-state index is 13.0. The molecule has 23 heavy (non-hydrogen) atoms. The number of carboxylic acids is 1. The van der Waals surface area contributed by atoms with E-state index in [2.05, 4.69) is 11.4 Å². The van der Waals surface area contributed by atoms with Crippen molar-refractivity contribution in [2.75, 3.05) is 5.32 Å². The summed E-state index contributed by atoms with van der Waals surface area (Å²) in [5, 5.41) is 12.7. The third-order valence-electron chi connectivity index (χ3n) is 6.34. The normalized spacial score (nSPS) is 29.3. The third kappa shape index (κ3) is 2.54. The number of aryl methyl sites for hydroxylation is 2. The summed E-state index contributed by atoms with van der Waals surface area (Å²) in [6, 6.07) is 5.93. The molecule has 1 amide bonds. The molecule has 0 saturated heterocycles. The van der Waals surface area contributed by atoms with Crippen molar-refractivity contribution in [2.24, 2.45) is 16.2 Å². The van der Waals surface area contributed by atoms with Crippen molar-refractivity contribution in [3.63, 3.8) is 0 Å². The highest BCUT2D eigenvalue weighted by molar-refractivity contribution is 5.97. The van der Waals surface area contributed by atoms with Gasteiger partial charge in [0, 0.05) is 5.69 Å². The molecule has 2 unspecified atom stereocenters. The molecule has 2 rings (SSSR count). The van der Waals surface area contributed by atoms with Gasteiger partial charge in [-0.25, -0.2) is 0 Å². The van der Waals surface area contributed by atoms with Crippen LogP contribution in [-0.2, 0) is 9.59 Å². The maximum Gasteiger partial charge on any atom is 0.309 e. The summed E-state index contributed by atoms with van der Waals surface area (Å²) in [4.78, 5) is 24.7. The van der Waals surface area contributed by atoms with Crippen molar-refractivity contribution < 1.29 is 14.7 Å². The Bertz CT molecular complexity index is 644. The van der Waals surface area contributed by atoms with Gasteiger partial charge in [0.2, 0.25) is 5.91 Å². The summed E-state index contributed by atoms with van der Waals surface area (Å²) in [6.07, 6.45) is 1.07. The predicted octanol–water partition coefficient (Wildman–Crippen LogP) is 4.16. The van der Waals surface area contributed by atoms with E-state index in [1.807, 2.05) is 46.8 Å². The molecular formula is C19H27NO3. The van der Waals surface area contributed by atoms with E-state index < -0.39 is 22.2 Å². The minimum absolute atomic E-state index is 0.0996. The van der Waals surface area contributed by atoms with E-state index in [9.17, 15) is 14.7 Å².